The van der Waals surface area contributed by atoms with Crippen LogP contribution in [0.25, 0.3) is 0 Å². The van der Waals surface area contributed by atoms with Crippen LogP contribution in [0.15, 0.2) is 48.5 Å². The highest BCUT2D eigenvalue weighted by atomic mass is 16.5. The van der Waals surface area contributed by atoms with E-state index in [0.717, 1.165) is 16.1 Å². The van der Waals surface area contributed by atoms with Crippen molar-refractivity contribution in [1.82, 2.24) is 10.4 Å². The molecule has 3 rings (SSSR count). The molecule has 0 radical (unpaired) electrons. The average molecular weight is 409 g/mol. The van der Waals surface area contributed by atoms with E-state index in [9.17, 15) is 19.2 Å². The molecular weight excluding hydrogens is 386 g/mol. The molecule has 156 valence electrons. The molecule has 30 heavy (non-hydrogen) atoms. The maximum absolute atomic E-state index is 12.3. The highest BCUT2D eigenvalue weighted by molar-refractivity contribution is 5.97. The predicted octanol–water partition coefficient (Wildman–Crippen LogP) is 1.98. The number of nitrogens with zero attached hydrogens (tertiary/aromatic N) is 1. The van der Waals surface area contributed by atoms with Gasteiger partial charge in [-0.15, -0.1) is 0 Å². The second-order valence-corrected chi connectivity index (χ2v) is 7.12. The zero-order valence-electron chi connectivity index (χ0n) is 16.8. The molecule has 1 aliphatic heterocycles. The van der Waals surface area contributed by atoms with Gasteiger partial charge in [-0.3, -0.25) is 29.6 Å². The van der Waals surface area contributed by atoms with Gasteiger partial charge in [-0.1, -0.05) is 30.3 Å². The quantitative estimate of drug-likeness (QED) is 0.710. The van der Waals surface area contributed by atoms with Crippen molar-refractivity contribution < 1.29 is 23.9 Å². The molecule has 1 aliphatic rings. The number of hydrazine groups is 1. The van der Waals surface area contributed by atoms with Crippen molar-refractivity contribution in [3.05, 3.63) is 65.2 Å². The minimum Gasteiger partial charge on any atom is -0.455 e. The van der Waals surface area contributed by atoms with Gasteiger partial charge in [0.05, 0.1) is 12.5 Å². The second-order valence-electron chi connectivity index (χ2n) is 7.12. The summed E-state index contributed by atoms with van der Waals surface area (Å²) in [6.45, 7) is 3.37. The Morgan fingerprint density at radius 3 is 2.53 bits per heavy atom. The van der Waals surface area contributed by atoms with Crippen LogP contribution in [0.3, 0.4) is 0 Å². The van der Waals surface area contributed by atoms with Gasteiger partial charge in [0.25, 0.3) is 11.8 Å². The minimum absolute atomic E-state index is 0.00511. The summed E-state index contributed by atoms with van der Waals surface area (Å²) in [4.78, 5) is 48.7. The van der Waals surface area contributed by atoms with Crippen molar-refractivity contribution in [2.24, 2.45) is 5.92 Å². The fourth-order valence-corrected chi connectivity index (χ4v) is 3.08. The van der Waals surface area contributed by atoms with Crippen LogP contribution >= 0.6 is 0 Å². The molecule has 2 aromatic carbocycles. The Bertz CT molecular complexity index is 974. The standard InChI is InChI=1S/C22H23N3O5/c1-14-7-6-10-18(15(14)2)23-19(26)13-30-22(29)17-11-20(27)25(12-17)24-21(28)16-8-4-3-5-9-16/h3-10,17H,11-13H2,1-2H3,(H,23,26)(H,24,28)/t17-/m0/s1. The van der Waals surface area contributed by atoms with Gasteiger partial charge in [0.15, 0.2) is 6.61 Å². The Balaban J connectivity index is 1.49. The van der Waals surface area contributed by atoms with Crippen LogP contribution in [0.4, 0.5) is 5.69 Å². The van der Waals surface area contributed by atoms with Gasteiger partial charge in [0.2, 0.25) is 5.91 Å². The van der Waals surface area contributed by atoms with E-state index in [2.05, 4.69) is 10.7 Å². The summed E-state index contributed by atoms with van der Waals surface area (Å²) < 4.78 is 5.07. The second kappa shape index (κ2) is 9.21. The monoisotopic (exact) mass is 409 g/mol. The summed E-state index contributed by atoms with van der Waals surface area (Å²) >= 11 is 0. The zero-order chi connectivity index (χ0) is 21.7. The number of hydrogen-bond acceptors (Lipinski definition) is 5. The number of anilines is 1. The Hall–Kier alpha value is -3.68. The van der Waals surface area contributed by atoms with Crippen molar-refractivity contribution in [1.29, 1.82) is 0 Å². The molecule has 8 heteroatoms. The lowest BCUT2D eigenvalue weighted by Crippen LogP contribution is -2.43. The van der Waals surface area contributed by atoms with Gasteiger partial charge in [0, 0.05) is 17.7 Å². The minimum atomic E-state index is -0.748. The van der Waals surface area contributed by atoms with E-state index in [-0.39, 0.29) is 18.9 Å². The Morgan fingerprint density at radius 2 is 1.80 bits per heavy atom. The summed E-state index contributed by atoms with van der Waals surface area (Å²) in [5.74, 6) is -2.69. The lowest BCUT2D eigenvalue weighted by molar-refractivity contribution is -0.151. The van der Waals surface area contributed by atoms with E-state index in [1.54, 1.807) is 36.4 Å². The summed E-state index contributed by atoms with van der Waals surface area (Å²) in [7, 11) is 0. The Labute approximate surface area is 174 Å². The number of ether oxygens (including phenoxy) is 1. The normalized spacial score (nSPS) is 15.6. The van der Waals surface area contributed by atoms with E-state index < -0.39 is 30.3 Å². The molecule has 1 saturated heterocycles. The van der Waals surface area contributed by atoms with E-state index >= 15 is 0 Å². The first-order valence-corrected chi connectivity index (χ1v) is 9.54. The molecule has 0 aliphatic carbocycles. The van der Waals surface area contributed by atoms with Gasteiger partial charge in [-0.2, -0.15) is 0 Å². The van der Waals surface area contributed by atoms with Crippen molar-refractivity contribution >= 4 is 29.4 Å². The highest BCUT2D eigenvalue weighted by Crippen LogP contribution is 2.19. The summed E-state index contributed by atoms with van der Waals surface area (Å²) in [6, 6.07) is 14.0. The van der Waals surface area contributed by atoms with E-state index in [1.165, 1.54) is 0 Å². The Morgan fingerprint density at radius 1 is 1.07 bits per heavy atom. The van der Waals surface area contributed by atoms with E-state index in [1.807, 2.05) is 26.0 Å². The van der Waals surface area contributed by atoms with Crippen LogP contribution in [0, 0.1) is 19.8 Å². The molecule has 0 unspecified atom stereocenters. The number of rotatable bonds is 6. The molecular formula is C22H23N3O5. The van der Waals surface area contributed by atoms with Crippen LogP contribution in [-0.2, 0) is 19.1 Å². The number of carbonyl (C=O) groups is 4. The predicted molar refractivity (Wildman–Crippen MR) is 109 cm³/mol. The zero-order valence-corrected chi connectivity index (χ0v) is 16.8. The van der Waals surface area contributed by atoms with Crippen molar-refractivity contribution in [2.45, 2.75) is 20.3 Å². The molecule has 1 fully saturated rings. The largest absolute Gasteiger partial charge is 0.455 e. The van der Waals surface area contributed by atoms with Crippen LogP contribution in [0.5, 0.6) is 0 Å². The number of nitrogens with one attached hydrogen (secondary N) is 2. The van der Waals surface area contributed by atoms with Crippen molar-refractivity contribution in [3.63, 3.8) is 0 Å². The molecule has 0 aromatic heterocycles. The van der Waals surface area contributed by atoms with Crippen molar-refractivity contribution in [3.8, 4) is 0 Å². The van der Waals surface area contributed by atoms with Gasteiger partial charge < -0.3 is 10.1 Å². The molecule has 3 amide bonds. The van der Waals surface area contributed by atoms with Crippen LogP contribution < -0.4 is 10.7 Å². The molecule has 1 heterocycles. The maximum Gasteiger partial charge on any atom is 0.311 e. The molecule has 2 aromatic rings. The third kappa shape index (κ3) is 5.02. The summed E-state index contributed by atoms with van der Waals surface area (Å²) in [5.41, 5.74) is 5.52. The average Bonchev–Trinajstić information content (AvgIpc) is 3.10. The van der Waals surface area contributed by atoms with E-state index in [0.29, 0.717) is 11.3 Å². The maximum atomic E-state index is 12.3. The van der Waals surface area contributed by atoms with Gasteiger partial charge in [0.1, 0.15) is 0 Å². The topological polar surface area (TPSA) is 105 Å². The summed E-state index contributed by atoms with van der Waals surface area (Å²) in [5, 5.41) is 3.82. The van der Waals surface area contributed by atoms with Gasteiger partial charge >= 0.3 is 5.97 Å². The molecule has 0 saturated carbocycles. The number of hydrogen-bond donors (Lipinski definition) is 2. The Kier molecular flexibility index (Phi) is 6.46. The van der Waals surface area contributed by atoms with E-state index in [4.69, 9.17) is 4.74 Å². The smallest absolute Gasteiger partial charge is 0.311 e. The number of carbonyl (C=O) groups excluding carboxylic acids is 4. The first kappa shape index (κ1) is 21.0. The van der Waals surface area contributed by atoms with Crippen LogP contribution in [0.2, 0.25) is 0 Å². The number of amides is 3. The fourth-order valence-electron chi connectivity index (χ4n) is 3.08. The first-order chi connectivity index (χ1) is 14.3. The SMILES string of the molecule is Cc1cccc(NC(=O)COC(=O)[C@H]2CC(=O)N(NC(=O)c3ccccc3)C2)c1C. The number of benzene rings is 2. The molecule has 0 bridgehead atoms. The van der Waals surface area contributed by atoms with Gasteiger partial charge in [-0.05, 0) is 43.2 Å². The lowest BCUT2D eigenvalue weighted by atomic mass is 10.1. The third-order valence-corrected chi connectivity index (χ3v) is 4.96. The molecule has 0 spiro atoms. The molecule has 8 nitrogen and oxygen atoms in total. The molecule has 1 atom stereocenters. The number of esters is 1. The third-order valence-electron chi connectivity index (χ3n) is 4.96. The van der Waals surface area contributed by atoms with Crippen molar-refractivity contribution in [2.75, 3.05) is 18.5 Å². The summed E-state index contributed by atoms with van der Waals surface area (Å²) in [6.07, 6.45) is -0.0908. The lowest BCUT2D eigenvalue weighted by Gasteiger charge is -2.17. The molecule has 2 N–H and O–H groups in total. The van der Waals surface area contributed by atoms with Crippen LogP contribution in [-0.4, -0.2) is 41.9 Å². The van der Waals surface area contributed by atoms with Gasteiger partial charge in [-0.25, -0.2) is 0 Å². The first-order valence-electron chi connectivity index (χ1n) is 9.54. The number of aryl methyl sites for hydroxylation is 1. The highest BCUT2D eigenvalue weighted by Gasteiger charge is 2.36. The van der Waals surface area contributed by atoms with Crippen LogP contribution in [0.1, 0.15) is 27.9 Å². The fraction of sp³-hybridized carbons (Fsp3) is 0.273.